The SMILES string of the molecule is COC(=O)N(ON)c1ccccc1N. The summed E-state index contributed by atoms with van der Waals surface area (Å²) in [7, 11) is 1.22. The van der Waals surface area contributed by atoms with E-state index in [2.05, 4.69) is 9.68 Å². The molecule has 76 valence electrons. The fourth-order valence-electron chi connectivity index (χ4n) is 0.954. The summed E-state index contributed by atoms with van der Waals surface area (Å²) in [5.41, 5.74) is 6.30. The second-order valence-corrected chi connectivity index (χ2v) is 2.43. The fourth-order valence-corrected chi connectivity index (χ4v) is 0.954. The van der Waals surface area contributed by atoms with Crippen LogP contribution in [0.1, 0.15) is 0 Å². The first-order valence-electron chi connectivity index (χ1n) is 3.80. The zero-order valence-corrected chi connectivity index (χ0v) is 7.64. The number of benzene rings is 1. The van der Waals surface area contributed by atoms with Crippen molar-refractivity contribution in [2.45, 2.75) is 0 Å². The Kier molecular flexibility index (Phi) is 3.27. The van der Waals surface area contributed by atoms with Gasteiger partial charge in [0.1, 0.15) is 5.69 Å². The average molecular weight is 197 g/mol. The number of hydroxylamine groups is 1. The maximum Gasteiger partial charge on any atom is 0.440 e. The number of hydrogen-bond donors (Lipinski definition) is 2. The topological polar surface area (TPSA) is 90.8 Å². The standard InChI is InChI=1S/C8H11N3O3/c1-13-8(12)11(14-10)7-5-3-2-4-6(7)9/h2-5H,9-10H2,1H3. The van der Waals surface area contributed by atoms with Crippen molar-refractivity contribution >= 4 is 17.5 Å². The van der Waals surface area contributed by atoms with Crippen molar-refractivity contribution in [3.63, 3.8) is 0 Å². The molecular formula is C8H11N3O3. The number of nitrogen functional groups attached to an aromatic ring is 1. The molecular weight excluding hydrogens is 186 g/mol. The Bertz CT molecular complexity index is 329. The predicted molar refractivity (Wildman–Crippen MR) is 51.0 cm³/mol. The number of hydrogen-bond acceptors (Lipinski definition) is 5. The molecule has 4 N–H and O–H groups in total. The molecule has 0 fully saturated rings. The van der Waals surface area contributed by atoms with Crippen molar-refractivity contribution in [3.05, 3.63) is 24.3 Å². The Morgan fingerprint density at radius 3 is 2.57 bits per heavy atom. The highest BCUT2D eigenvalue weighted by Gasteiger charge is 2.18. The molecule has 6 heteroatoms. The Labute approximate surface area is 80.9 Å². The van der Waals surface area contributed by atoms with E-state index in [0.29, 0.717) is 11.4 Å². The molecule has 0 atom stereocenters. The summed E-state index contributed by atoms with van der Waals surface area (Å²) >= 11 is 0. The van der Waals surface area contributed by atoms with Crippen LogP contribution >= 0.6 is 0 Å². The first-order valence-corrected chi connectivity index (χ1v) is 3.80. The minimum atomic E-state index is -0.745. The Balaban J connectivity index is 3.01. The number of amides is 1. The van der Waals surface area contributed by atoms with Crippen LogP contribution in [0, 0.1) is 0 Å². The van der Waals surface area contributed by atoms with E-state index < -0.39 is 6.09 Å². The quantitative estimate of drug-likeness (QED) is 0.536. The number of methoxy groups -OCH3 is 1. The summed E-state index contributed by atoms with van der Waals surface area (Å²) in [4.78, 5) is 15.5. The van der Waals surface area contributed by atoms with Crippen LogP contribution in [0.3, 0.4) is 0 Å². The van der Waals surface area contributed by atoms with Gasteiger partial charge in [0, 0.05) is 0 Å². The van der Waals surface area contributed by atoms with Crippen LogP contribution in [0.4, 0.5) is 16.2 Å². The largest absolute Gasteiger partial charge is 0.451 e. The number of rotatable bonds is 2. The third-order valence-corrected chi connectivity index (χ3v) is 1.60. The van der Waals surface area contributed by atoms with Gasteiger partial charge in [-0.05, 0) is 12.1 Å². The van der Waals surface area contributed by atoms with Crippen LogP contribution < -0.4 is 16.7 Å². The van der Waals surface area contributed by atoms with Gasteiger partial charge in [-0.15, -0.1) is 5.06 Å². The molecule has 0 heterocycles. The van der Waals surface area contributed by atoms with E-state index in [9.17, 15) is 4.79 Å². The Hall–Kier alpha value is -1.79. The molecule has 14 heavy (non-hydrogen) atoms. The lowest BCUT2D eigenvalue weighted by molar-refractivity contribution is 0.0865. The molecule has 1 rings (SSSR count). The number of anilines is 2. The van der Waals surface area contributed by atoms with Crippen molar-refractivity contribution in [3.8, 4) is 0 Å². The highest BCUT2D eigenvalue weighted by atomic mass is 16.8. The Morgan fingerprint density at radius 1 is 1.43 bits per heavy atom. The third-order valence-electron chi connectivity index (χ3n) is 1.60. The molecule has 0 radical (unpaired) electrons. The first kappa shape index (κ1) is 10.3. The zero-order chi connectivity index (χ0) is 10.6. The molecule has 0 saturated carbocycles. The number of nitrogens with zero attached hydrogens (tertiary/aromatic N) is 1. The lowest BCUT2D eigenvalue weighted by Crippen LogP contribution is -2.34. The number of carbonyl (C=O) groups is 1. The van der Waals surface area contributed by atoms with E-state index in [1.807, 2.05) is 0 Å². The first-order chi connectivity index (χ1) is 6.70. The van der Waals surface area contributed by atoms with Gasteiger partial charge in [-0.1, -0.05) is 12.1 Å². The lowest BCUT2D eigenvalue weighted by atomic mass is 10.3. The summed E-state index contributed by atoms with van der Waals surface area (Å²) < 4.78 is 4.44. The maximum absolute atomic E-state index is 11.1. The van der Waals surface area contributed by atoms with Crippen molar-refractivity contribution in [1.29, 1.82) is 0 Å². The molecule has 0 unspecified atom stereocenters. The molecule has 1 aromatic rings. The van der Waals surface area contributed by atoms with E-state index in [1.54, 1.807) is 24.3 Å². The average Bonchev–Trinajstić information content (AvgIpc) is 2.21. The van der Waals surface area contributed by atoms with E-state index >= 15 is 0 Å². The molecule has 1 aromatic carbocycles. The summed E-state index contributed by atoms with van der Waals surface area (Å²) in [6, 6.07) is 6.62. The summed E-state index contributed by atoms with van der Waals surface area (Å²) in [5, 5.41) is 0.759. The van der Waals surface area contributed by atoms with Crippen LogP contribution in [0.15, 0.2) is 24.3 Å². The van der Waals surface area contributed by atoms with Gasteiger partial charge in [0.05, 0.1) is 12.8 Å². The van der Waals surface area contributed by atoms with E-state index in [-0.39, 0.29) is 0 Å². The number of carbonyl (C=O) groups excluding carboxylic acids is 1. The van der Waals surface area contributed by atoms with Crippen LogP contribution in [0.2, 0.25) is 0 Å². The van der Waals surface area contributed by atoms with Crippen LogP contribution in [-0.4, -0.2) is 13.2 Å². The summed E-state index contributed by atoms with van der Waals surface area (Å²) in [6.45, 7) is 0. The molecule has 6 nitrogen and oxygen atoms in total. The minimum absolute atomic E-state index is 0.335. The van der Waals surface area contributed by atoms with Crippen molar-refractivity contribution in [2.75, 3.05) is 17.9 Å². The van der Waals surface area contributed by atoms with Crippen LogP contribution in [-0.2, 0) is 9.68 Å². The van der Waals surface area contributed by atoms with Crippen molar-refractivity contribution in [2.24, 2.45) is 5.90 Å². The lowest BCUT2D eigenvalue weighted by Gasteiger charge is -2.18. The molecule has 0 aliphatic carbocycles. The van der Waals surface area contributed by atoms with Gasteiger partial charge in [-0.25, -0.2) is 4.79 Å². The summed E-state index contributed by atoms with van der Waals surface area (Å²) in [6.07, 6.45) is -0.745. The third kappa shape index (κ3) is 1.93. The molecule has 0 aliphatic heterocycles. The second kappa shape index (κ2) is 4.45. The van der Waals surface area contributed by atoms with E-state index in [0.717, 1.165) is 5.06 Å². The molecule has 0 aliphatic rings. The van der Waals surface area contributed by atoms with Gasteiger partial charge in [-0.2, -0.15) is 10.8 Å². The van der Waals surface area contributed by atoms with Gasteiger partial charge in [0.15, 0.2) is 0 Å². The normalized spacial score (nSPS) is 9.57. The van der Waals surface area contributed by atoms with Gasteiger partial charge < -0.3 is 10.5 Å². The maximum atomic E-state index is 11.1. The fraction of sp³-hybridized carbons (Fsp3) is 0.125. The van der Waals surface area contributed by atoms with Gasteiger partial charge in [0.25, 0.3) is 0 Å². The van der Waals surface area contributed by atoms with Crippen molar-refractivity contribution < 1.29 is 14.5 Å². The predicted octanol–water partition coefficient (Wildman–Crippen LogP) is 0.647. The van der Waals surface area contributed by atoms with Crippen molar-refractivity contribution in [1.82, 2.24) is 0 Å². The van der Waals surface area contributed by atoms with Gasteiger partial charge in [-0.3, -0.25) is 0 Å². The Morgan fingerprint density at radius 2 is 2.07 bits per heavy atom. The highest BCUT2D eigenvalue weighted by molar-refractivity contribution is 5.89. The molecule has 0 saturated heterocycles. The number of ether oxygens (including phenoxy) is 1. The number of nitrogens with two attached hydrogens (primary N) is 2. The molecule has 1 amide bonds. The second-order valence-electron chi connectivity index (χ2n) is 2.43. The highest BCUT2D eigenvalue weighted by Crippen LogP contribution is 2.22. The van der Waals surface area contributed by atoms with Gasteiger partial charge in [0.2, 0.25) is 0 Å². The molecule has 0 aromatic heterocycles. The number of para-hydroxylation sites is 2. The smallest absolute Gasteiger partial charge is 0.440 e. The summed E-state index contributed by atoms with van der Waals surface area (Å²) in [5.74, 6) is 4.92. The molecule has 0 bridgehead atoms. The van der Waals surface area contributed by atoms with Gasteiger partial charge >= 0.3 is 6.09 Å². The molecule has 0 spiro atoms. The van der Waals surface area contributed by atoms with E-state index in [1.165, 1.54) is 7.11 Å². The van der Waals surface area contributed by atoms with E-state index in [4.69, 9.17) is 11.6 Å². The zero-order valence-electron chi connectivity index (χ0n) is 7.64. The van der Waals surface area contributed by atoms with Crippen LogP contribution in [0.25, 0.3) is 0 Å². The van der Waals surface area contributed by atoms with Crippen LogP contribution in [0.5, 0.6) is 0 Å². The minimum Gasteiger partial charge on any atom is -0.451 e. The monoisotopic (exact) mass is 197 g/mol.